The molecule has 0 aliphatic carbocycles. The lowest BCUT2D eigenvalue weighted by molar-refractivity contribution is -0.137. The summed E-state index contributed by atoms with van der Waals surface area (Å²) in [4.78, 5) is 21.1. The van der Waals surface area contributed by atoms with E-state index < -0.39 is 27.9 Å². The predicted octanol–water partition coefficient (Wildman–Crippen LogP) is 3.53. The number of anilines is 1. The lowest BCUT2D eigenvalue weighted by atomic mass is 9.99. The Labute approximate surface area is 218 Å². The molecule has 3 aromatic rings. The molecule has 1 aliphatic rings. The van der Waals surface area contributed by atoms with Crippen molar-refractivity contribution in [3.8, 4) is 5.82 Å². The Morgan fingerprint density at radius 2 is 1.79 bits per heavy atom. The van der Waals surface area contributed by atoms with Gasteiger partial charge in [-0.05, 0) is 50.1 Å². The maximum atomic E-state index is 12.9. The largest absolute Gasteiger partial charge is 0.417 e. The van der Waals surface area contributed by atoms with Gasteiger partial charge in [-0.15, -0.1) is 0 Å². The molecule has 10 nitrogen and oxygen atoms in total. The van der Waals surface area contributed by atoms with E-state index in [9.17, 15) is 26.4 Å². The summed E-state index contributed by atoms with van der Waals surface area (Å²) in [6.45, 7) is 4.09. The number of alkyl halides is 3. The van der Waals surface area contributed by atoms with Crippen molar-refractivity contribution in [2.75, 3.05) is 32.5 Å². The van der Waals surface area contributed by atoms with Crippen molar-refractivity contribution in [1.82, 2.24) is 28.4 Å². The van der Waals surface area contributed by atoms with Crippen LogP contribution in [0.3, 0.4) is 0 Å². The summed E-state index contributed by atoms with van der Waals surface area (Å²) < 4.78 is 67.1. The molecule has 0 saturated heterocycles. The Morgan fingerprint density at radius 3 is 2.34 bits per heavy atom. The van der Waals surface area contributed by atoms with Crippen LogP contribution in [0.1, 0.15) is 40.7 Å². The molecule has 0 spiro atoms. The van der Waals surface area contributed by atoms with Gasteiger partial charge in [0.05, 0.1) is 40.6 Å². The van der Waals surface area contributed by atoms with Crippen LogP contribution in [0, 0.1) is 6.92 Å². The van der Waals surface area contributed by atoms with Crippen LogP contribution in [0.15, 0.2) is 48.4 Å². The summed E-state index contributed by atoms with van der Waals surface area (Å²) in [6, 6.07) is 5.54. The molecule has 0 atom stereocenters. The number of nitrogens with one attached hydrogen (secondary N) is 1. The molecule has 14 heteroatoms. The summed E-state index contributed by atoms with van der Waals surface area (Å²) in [6.07, 6.45) is -0.457. The molecule has 4 heterocycles. The summed E-state index contributed by atoms with van der Waals surface area (Å²) >= 11 is 0. The predicted molar refractivity (Wildman–Crippen MR) is 135 cm³/mol. The first-order valence-corrected chi connectivity index (χ1v) is 12.9. The molecule has 0 radical (unpaired) electrons. The number of rotatable bonds is 6. The van der Waals surface area contributed by atoms with Crippen molar-refractivity contribution >= 4 is 27.4 Å². The average molecular weight is 550 g/mol. The van der Waals surface area contributed by atoms with Crippen LogP contribution in [0.5, 0.6) is 0 Å². The number of amides is 1. The second kappa shape index (κ2) is 10.3. The SMILES string of the molecule is CC1=C(c2ccc(NC(=O)c3cnn(-c4ccc(C(F)(F)F)cn4)c3C)cn2)CCN(S(=O)(=O)N(C)C)C1. The number of hydrogen-bond donors (Lipinski definition) is 1. The van der Waals surface area contributed by atoms with Gasteiger partial charge in [-0.25, -0.2) is 9.67 Å². The molecular formula is C24H26F3N7O3S. The van der Waals surface area contributed by atoms with Gasteiger partial charge in [0.15, 0.2) is 5.82 Å². The van der Waals surface area contributed by atoms with Gasteiger partial charge >= 0.3 is 6.18 Å². The standard InChI is InChI=1S/C24H26F3N7O3S/c1-15-14-33(38(36,37)32(3)4)10-9-19(15)21-7-6-18(12-28-21)31-23(35)20-13-30-34(16(20)2)22-8-5-17(11-29-22)24(25,26)27/h5-8,11-13H,9-10,14H2,1-4H3,(H,31,35). The molecule has 3 aromatic heterocycles. The number of pyridine rings is 2. The molecule has 0 unspecified atom stereocenters. The summed E-state index contributed by atoms with van der Waals surface area (Å²) in [5, 5.41) is 6.84. The monoisotopic (exact) mass is 549 g/mol. The van der Waals surface area contributed by atoms with Crippen LogP contribution in [-0.4, -0.2) is 69.9 Å². The van der Waals surface area contributed by atoms with Crippen molar-refractivity contribution in [3.05, 3.63) is 70.9 Å². The molecule has 0 aromatic carbocycles. The van der Waals surface area contributed by atoms with Gasteiger partial charge in [0, 0.05) is 33.4 Å². The zero-order chi connectivity index (χ0) is 27.8. The molecule has 1 aliphatic heterocycles. The highest BCUT2D eigenvalue weighted by molar-refractivity contribution is 7.86. The van der Waals surface area contributed by atoms with Crippen molar-refractivity contribution in [1.29, 1.82) is 0 Å². The molecule has 38 heavy (non-hydrogen) atoms. The summed E-state index contributed by atoms with van der Waals surface area (Å²) in [5.41, 5.74) is 2.72. The van der Waals surface area contributed by atoms with Gasteiger partial charge in [-0.2, -0.15) is 35.3 Å². The first-order chi connectivity index (χ1) is 17.8. The van der Waals surface area contributed by atoms with Crippen LogP contribution in [0.2, 0.25) is 0 Å². The number of halogens is 3. The fourth-order valence-electron chi connectivity index (χ4n) is 4.05. The lowest BCUT2D eigenvalue weighted by Gasteiger charge is -2.30. The summed E-state index contributed by atoms with van der Waals surface area (Å²) in [5.74, 6) is -0.318. The zero-order valence-corrected chi connectivity index (χ0v) is 21.9. The first-order valence-electron chi connectivity index (χ1n) is 11.5. The first kappa shape index (κ1) is 27.4. The Morgan fingerprint density at radius 1 is 1.05 bits per heavy atom. The molecule has 0 bridgehead atoms. The topological polar surface area (TPSA) is 113 Å². The minimum atomic E-state index is -4.50. The molecule has 1 amide bonds. The number of hydrogen-bond acceptors (Lipinski definition) is 6. The Balaban J connectivity index is 1.46. The van der Waals surface area contributed by atoms with Crippen molar-refractivity contribution in [2.24, 2.45) is 0 Å². The van der Waals surface area contributed by atoms with E-state index in [1.807, 2.05) is 6.92 Å². The lowest BCUT2D eigenvalue weighted by Crippen LogP contribution is -2.43. The highest BCUT2D eigenvalue weighted by atomic mass is 32.2. The smallest absolute Gasteiger partial charge is 0.320 e. The van der Waals surface area contributed by atoms with Crippen LogP contribution >= 0.6 is 0 Å². The van der Waals surface area contributed by atoms with Gasteiger partial charge in [0.25, 0.3) is 16.1 Å². The van der Waals surface area contributed by atoms with E-state index in [0.717, 1.165) is 17.2 Å². The zero-order valence-electron chi connectivity index (χ0n) is 21.1. The number of carbonyl (C=O) groups excluding carboxylic acids is 1. The highest BCUT2D eigenvalue weighted by Gasteiger charge is 2.31. The Kier molecular flexibility index (Phi) is 7.41. The van der Waals surface area contributed by atoms with E-state index in [-0.39, 0.29) is 17.9 Å². The number of aromatic nitrogens is 4. The van der Waals surface area contributed by atoms with E-state index in [1.54, 1.807) is 19.1 Å². The third-order valence-corrected chi connectivity index (χ3v) is 8.09. The van der Waals surface area contributed by atoms with E-state index in [0.29, 0.717) is 36.2 Å². The minimum Gasteiger partial charge on any atom is -0.320 e. The summed E-state index contributed by atoms with van der Waals surface area (Å²) in [7, 11) is -0.511. The van der Waals surface area contributed by atoms with E-state index in [1.165, 1.54) is 45.8 Å². The fourth-order valence-corrected chi connectivity index (χ4v) is 5.19. The van der Waals surface area contributed by atoms with E-state index >= 15 is 0 Å². The number of nitrogens with zero attached hydrogens (tertiary/aromatic N) is 6. The van der Waals surface area contributed by atoms with Crippen molar-refractivity contribution < 1.29 is 26.4 Å². The quantitative estimate of drug-likeness (QED) is 0.504. The Hall–Kier alpha value is -3.62. The highest BCUT2D eigenvalue weighted by Crippen LogP contribution is 2.30. The average Bonchev–Trinajstić information content (AvgIpc) is 3.25. The van der Waals surface area contributed by atoms with Gasteiger partial charge < -0.3 is 5.32 Å². The maximum Gasteiger partial charge on any atom is 0.417 e. The van der Waals surface area contributed by atoms with Crippen LogP contribution in [-0.2, 0) is 16.4 Å². The molecular weight excluding hydrogens is 523 g/mol. The van der Waals surface area contributed by atoms with Crippen LogP contribution in [0.25, 0.3) is 11.4 Å². The molecule has 0 saturated carbocycles. The normalized spacial score (nSPS) is 15.3. The van der Waals surface area contributed by atoms with Crippen LogP contribution in [0.4, 0.5) is 18.9 Å². The second-order valence-electron chi connectivity index (χ2n) is 8.98. The van der Waals surface area contributed by atoms with Gasteiger partial charge in [0.2, 0.25) is 0 Å². The number of carbonyl (C=O) groups is 1. The van der Waals surface area contributed by atoms with Crippen molar-refractivity contribution in [3.63, 3.8) is 0 Å². The molecule has 1 N–H and O–H groups in total. The van der Waals surface area contributed by atoms with Gasteiger partial charge in [-0.3, -0.25) is 9.78 Å². The van der Waals surface area contributed by atoms with Crippen molar-refractivity contribution in [2.45, 2.75) is 26.4 Å². The third kappa shape index (κ3) is 5.47. The third-order valence-electron chi connectivity index (χ3n) is 6.20. The van der Waals surface area contributed by atoms with Crippen LogP contribution < -0.4 is 5.32 Å². The fraction of sp³-hybridized carbons (Fsp3) is 0.333. The molecule has 202 valence electrons. The second-order valence-corrected chi connectivity index (χ2v) is 11.1. The maximum absolute atomic E-state index is 12.9. The molecule has 0 fully saturated rings. The van der Waals surface area contributed by atoms with Gasteiger partial charge in [0.1, 0.15) is 0 Å². The Bertz CT molecular complexity index is 1480. The van der Waals surface area contributed by atoms with E-state index in [4.69, 9.17) is 0 Å². The van der Waals surface area contributed by atoms with Gasteiger partial charge in [-0.1, -0.05) is 5.57 Å². The minimum absolute atomic E-state index is 0.147. The molecule has 4 rings (SSSR count). The van der Waals surface area contributed by atoms with E-state index in [2.05, 4.69) is 20.4 Å².